The number of anilines is 1. The van der Waals surface area contributed by atoms with Crippen LogP contribution in [0.3, 0.4) is 0 Å². The van der Waals surface area contributed by atoms with E-state index in [2.05, 4.69) is 0 Å². The molecule has 0 aliphatic carbocycles. The van der Waals surface area contributed by atoms with E-state index in [4.69, 9.17) is 10.8 Å². The van der Waals surface area contributed by atoms with Crippen molar-refractivity contribution < 1.29 is 18.3 Å². The number of carbonyl (C=O) groups is 1. The van der Waals surface area contributed by atoms with Crippen LogP contribution in [0, 0.1) is 0 Å². The molecule has 2 rings (SSSR count). The SMILES string of the molecule is Nc1cccc(S(=O)(=O)N2CCCC[C@H]2C(=O)O)c1. The second kappa shape index (κ2) is 5.18. The summed E-state index contributed by atoms with van der Waals surface area (Å²) in [6, 6.07) is 4.92. The fourth-order valence-corrected chi connectivity index (χ4v) is 3.96. The molecule has 104 valence electrons. The molecule has 1 aliphatic rings. The van der Waals surface area contributed by atoms with Crippen molar-refractivity contribution in [3.05, 3.63) is 24.3 Å². The first-order valence-electron chi connectivity index (χ1n) is 6.03. The van der Waals surface area contributed by atoms with Gasteiger partial charge in [0.2, 0.25) is 10.0 Å². The molecule has 1 fully saturated rings. The third kappa shape index (κ3) is 2.71. The molecule has 1 heterocycles. The first-order chi connectivity index (χ1) is 8.93. The van der Waals surface area contributed by atoms with Crippen LogP contribution in [-0.4, -0.2) is 36.4 Å². The highest BCUT2D eigenvalue weighted by molar-refractivity contribution is 7.89. The number of hydrogen-bond donors (Lipinski definition) is 2. The molecule has 19 heavy (non-hydrogen) atoms. The van der Waals surface area contributed by atoms with Crippen LogP contribution in [0.5, 0.6) is 0 Å². The highest BCUT2D eigenvalue weighted by Crippen LogP contribution is 2.26. The largest absolute Gasteiger partial charge is 0.480 e. The Morgan fingerprint density at radius 3 is 2.74 bits per heavy atom. The maximum absolute atomic E-state index is 12.5. The Hall–Kier alpha value is -1.60. The van der Waals surface area contributed by atoms with E-state index in [1.54, 1.807) is 12.1 Å². The fraction of sp³-hybridized carbons (Fsp3) is 0.417. The summed E-state index contributed by atoms with van der Waals surface area (Å²) in [7, 11) is -3.81. The number of nitrogen functional groups attached to an aromatic ring is 1. The van der Waals surface area contributed by atoms with Crippen LogP contribution in [0.15, 0.2) is 29.2 Å². The first kappa shape index (κ1) is 13.8. The van der Waals surface area contributed by atoms with Crippen molar-refractivity contribution in [2.24, 2.45) is 0 Å². The molecule has 1 aliphatic heterocycles. The molecule has 0 spiro atoms. The second-order valence-electron chi connectivity index (χ2n) is 4.54. The number of sulfonamides is 1. The lowest BCUT2D eigenvalue weighted by atomic mass is 10.1. The summed E-state index contributed by atoms with van der Waals surface area (Å²) in [4.78, 5) is 11.2. The van der Waals surface area contributed by atoms with E-state index in [1.165, 1.54) is 12.1 Å². The molecule has 1 atom stereocenters. The van der Waals surface area contributed by atoms with Gasteiger partial charge in [0, 0.05) is 12.2 Å². The quantitative estimate of drug-likeness (QED) is 0.803. The van der Waals surface area contributed by atoms with Crippen molar-refractivity contribution >= 4 is 21.7 Å². The van der Waals surface area contributed by atoms with Gasteiger partial charge in [-0.15, -0.1) is 0 Å². The van der Waals surface area contributed by atoms with Gasteiger partial charge in [-0.3, -0.25) is 4.79 Å². The predicted molar refractivity (Wildman–Crippen MR) is 70.0 cm³/mol. The summed E-state index contributed by atoms with van der Waals surface area (Å²) in [5.41, 5.74) is 5.92. The molecule has 0 aromatic heterocycles. The van der Waals surface area contributed by atoms with Crippen molar-refractivity contribution in [2.45, 2.75) is 30.2 Å². The highest BCUT2D eigenvalue weighted by Gasteiger charge is 2.37. The van der Waals surface area contributed by atoms with E-state index < -0.39 is 22.0 Å². The van der Waals surface area contributed by atoms with E-state index in [-0.39, 0.29) is 11.4 Å². The minimum atomic E-state index is -3.81. The van der Waals surface area contributed by atoms with Gasteiger partial charge in [-0.05, 0) is 37.5 Å². The Labute approximate surface area is 111 Å². The van der Waals surface area contributed by atoms with Crippen molar-refractivity contribution in [3.63, 3.8) is 0 Å². The van der Waals surface area contributed by atoms with E-state index >= 15 is 0 Å². The lowest BCUT2D eigenvalue weighted by molar-refractivity contribution is -0.142. The summed E-state index contributed by atoms with van der Waals surface area (Å²) in [5, 5.41) is 9.14. The molecular weight excluding hydrogens is 268 g/mol. The van der Waals surface area contributed by atoms with E-state index in [9.17, 15) is 13.2 Å². The van der Waals surface area contributed by atoms with Gasteiger partial charge in [0.1, 0.15) is 6.04 Å². The maximum Gasteiger partial charge on any atom is 0.322 e. The number of piperidine rings is 1. The van der Waals surface area contributed by atoms with Crippen molar-refractivity contribution in [2.75, 3.05) is 12.3 Å². The van der Waals surface area contributed by atoms with Crippen LogP contribution < -0.4 is 5.73 Å². The average molecular weight is 284 g/mol. The summed E-state index contributed by atoms with van der Waals surface area (Å²) in [5.74, 6) is -1.10. The molecule has 0 amide bonds. The number of carboxylic acids is 1. The molecule has 3 N–H and O–H groups in total. The Kier molecular flexibility index (Phi) is 3.77. The summed E-state index contributed by atoms with van der Waals surface area (Å²) in [6.07, 6.45) is 1.74. The zero-order valence-corrected chi connectivity index (χ0v) is 11.1. The molecule has 1 aromatic carbocycles. The lowest BCUT2D eigenvalue weighted by Crippen LogP contribution is -2.47. The van der Waals surface area contributed by atoms with Crippen molar-refractivity contribution in [3.8, 4) is 0 Å². The molecule has 6 nitrogen and oxygen atoms in total. The van der Waals surface area contributed by atoms with Crippen LogP contribution in [-0.2, 0) is 14.8 Å². The second-order valence-corrected chi connectivity index (χ2v) is 6.43. The van der Waals surface area contributed by atoms with Crippen LogP contribution in [0.1, 0.15) is 19.3 Å². The van der Waals surface area contributed by atoms with Gasteiger partial charge < -0.3 is 10.8 Å². The number of nitrogens with zero attached hydrogens (tertiary/aromatic N) is 1. The van der Waals surface area contributed by atoms with Crippen LogP contribution in [0.25, 0.3) is 0 Å². The zero-order chi connectivity index (χ0) is 14.0. The smallest absolute Gasteiger partial charge is 0.322 e. The molecule has 1 saturated heterocycles. The number of nitrogens with two attached hydrogens (primary N) is 1. The average Bonchev–Trinajstić information content (AvgIpc) is 2.38. The summed E-state index contributed by atoms with van der Waals surface area (Å²) in [6.45, 7) is 0.230. The van der Waals surface area contributed by atoms with Gasteiger partial charge in [0.15, 0.2) is 0 Å². The van der Waals surface area contributed by atoms with Crippen molar-refractivity contribution in [1.29, 1.82) is 0 Å². The van der Waals surface area contributed by atoms with Crippen LogP contribution >= 0.6 is 0 Å². The predicted octanol–water partition coefficient (Wildman–Crippen LogP) is 0.897. The van der Waals surface area contributed by atoms with Gasteiger partial charge in [-0.2, -0.15) is 4.31 Å². The van der Waals surface area contributed by atoms with E-state index in [0.29, 0.717) is 18.5 Å². The van der Waals surface area contributed by atoms with Gasteiger partial charge in [-0.25, -0.2) is 8.42 Å². The minimum absolute atomic E-state index is 0.0423. The van der Waals surface area contributed by atoms with Crippen LogP contribution in [0.4, 0.5) is 5.69 Å². The van der Waals surface area contributed by atoms with E-state index in [0.717, 1.165) is 10.7 Å². The van der Waals surface area contributed by atoms with E-state index in [1.807, 2.05) is 0 Å². The topological polar surface area (TPSA) is 101 Å². The zero-order valence-electron chi connectivity index (χ0n) is 10.3. The summed E-state index contributed by atoms with van der Waals surface area (Å²) < 4.78 is 26.0. The highest BCUT2D eigenvalue weighted by atomic mass is 32.2. The molecule has 0 saturated carbocycles. The van der Waals surface area contributed by atoms with Gasteiger partial charge in [0.05, 0.1) is 4.90 Å². The minimum Gasteiger partial charge on any atom is -0.480 e. The van der Waals surface area contributed by atoms with Gasteiger partial charge in [-0.1, -0.05) is 6.07 Å². The molecule has 7 heteroatoms. The molecule has 0 unspecified atom stereocenters. The summed E-state index contributed by atoms with van der Waals surface area (Å²) >= 11 is 0. The maximum atomic E-state index is 12.5. The fourth-order valence-electron chi connectivity index (χ4n) is 2.25. The third-order valence-electron chi connectivity index (χ3n) is 3.20. The van der Waals surface area contributed by atoms with Gasteiger partial charge in [0.25, 0.3) is 0 Å². The lowest BCUT2D eigenvalue weighted by Gasteiger charge is -2.31. The number of hydrogen-bond acceptors (Lipinski definition) is 4. The molecule has 0 bridgehead atoms. The third-order valence-corrected chi connectivity index (χ3v) is 5.11. The van der Waals surface area contributed by atoms with Crippen molar-refractivity contribution in [1.82, 2.24) is 4.31 Å². The Morgan fingerprint density at radius 1 is 1.37 bits per heavy atom. The Bertz CT molecular complexity index is 585. The molecule has 0 radical (unpaired) electrons. The normalized spacial score (nSPS) is 21.2. The number of aliphatic carboxylic acids is 1. The standard InChI is InChI=1S/C12H16N2O4S/c13-9-4-3-5-10(8-9)19(17,18)14-7-2-1-6-11(14)12(15)16/h3-5,8,11H,1-2,6-7,13H2,(H,15,16)/t11-/m0/s1. The van der Waals surface area contributed by atoms with Crippen LogP contribution in [0.2, 0.25) is 0 Å². The number of rotatable bonds is 3. The number of benzene rings is 1. The first-order valence-corrected chi connectivity index (χ1v) is 7.47. The molecule has 1 aromatic rings. The Balaban J connectivity index is 2.40. The number of carboxylic acid groups (broad SMARTS) is 1. The monoisotopic (exact) mass is 284 g/mol. The van der Waals surface area contributed by atoms with Gasteiger partial charge >= 0.3 is 5.97 Å². The molecular formula is C12H16N2O4S. The Morgan fingerprint density at radius 2 is 2.11 bits per heavy atom.